The topological polar surface area (TPSA) is 22.8 Å². The molecule has 0 spiro atoms. The summed E-state index contributed by atoms with van der Waals surface area (Å²) >= 11 is 1.81. The molecule has 0 fully saturated rings. The minimum atomic E-state index is 0.867. The van der Waals surface area contributed by atoms with Crippen molar-refractivity contribution in [2.45, 2.75) is 6.42 Å². The fraction of sp³-hybridized carbons (Fsp3) is 0.0185. The van der Waals surface area contributed by atoms with Crippen LogP contribution in [0.15, 0.2) is 195 Å². The van der Waals surface area contributed by atoms with Crippen LogP contribution in [0.5, 0.6) is 0 Å². The van der Waals surface area contributed by atoms with Crippen LogP contribution >= 0.6 is 11.3 Å². The molecule has 1 aliphatic carbocycles. The summed E-state index contributed by atoms with van der Waals surface area (Å²) in [5.74, 6) is 0.910. The van der Waals surface area contributed by atoms with Crippen LogP contribution in [-0.4, -0.2) is 14.1 Å². The van der Waals surface area contributed by atoms with E-state index < -0.39 is 0 Å². The summed E-state index contributed by atoms with van der Waals surface area (Å²) in [6, 6.07) is 57.7. The van der Waals surface area contributed by atoms with Crippen LogP contribution in [0.25, 0.3) is 103 Å². The van der Waals surface area contributed by atoms with Gasteiger partial charge in [0.15, 0.2) is 0 Å². The number of benzene rings is 7. The number of pyridine rings is 1. The lowest BCUT2D eigenvalue weighted by molar-refractivity contribution is 1.09. The molecule has 58 heavy (non-hydrogen) atoms. The molecule has 12 rings (SSSR count). The maximum Gasteiger partial charge on any atom is 0.138 e. The highest BCUT2D eigenvalue weighted by atomic mass is 32.1. The first-order valence-corrected chi connectivity index (χ1v) is 20.6. The maximum atomic E-state index is 5.24. The summed E-state index contributed by atoms with van der Waals surface area (Å²) in [5, 5.41) is 7.35. The van der Waals surface area contributed by atoms with E-state index in [1.54, 1.807) is 0 Å². The Morgan fingerprint density at radius 2 is 1.16 bits per heavy atom. The molecule has 7 aromatic carbocycles. The third kappa shape index (κ3) is 4.95. The molecule has 0 unspecified atom stereocenters. The summed E-state index contributed by atoms with van der Waals surface area (Å²) < 4.78 is 7.26. The fourth-order valence-electron chi connectivity index (χ4n) is 9.28. The van der Waals surface area contributed by atoms with E-state index in [1.807, 2.05) is 11.3 Å². The van der Waals surface area contributed by atoms with Gasteiger partial charge in [-0.05, 0) is 93.9 Å². The Bertz CT molecular complexity index is 3550. The smallest absolute Gasteiger partial charge is 0.138 e. The van der Waals surface area contributed by atoms with Crippen LogP contribution in [-0.2, 0) is 6.42 Å². The van der Waals surface area contributed by atoms with Crippen molar-refractivity contribution in [3.05, 3.63) is 206 Å². The number of fused-ring (bicyclic) bond motifs is 13. The van der Waals surface area contributed by atoms with Crippen molar-refractivity contribution >= 4 is 80.7 Å². The van der Waals surface area contributed by atoms with E-state index in [2.05, 4.69) is 204 Å². The van der Waals surface area contributed by atoms with E-state index in [0.717, 1.165) is 34.5 Å². The number of hydrogen-bond donors (Lipinski definition) is 0. The Labute approximate surface area is 339 Å². The molecular weight excluding hydrogens is 723 g/mol. The zero-order valence-electron chi connectivity index (χ0n) is 31.6. The molecule has 0 saturated carbocycles. The Kier molecular flexibility index (Phi) is 7.31. The highest BCUT2D eigenvalue weighted by Crippen LogP contribution is 2.43. The van der Waals surface area contributed by atoms with Crippen molar-refractivity contribution < 1.29 is 0 Å². The number of allylic oxidation sites excluding steroid dienone is 5. The summed E-state index contributed by atoms with van der Waals surface area (Å²) in [6.07, 6.45) is 11.5. The second-order valence-electron chi connectivity index (χ2n) is 15.2. The Morgan fingerprint density at radius 1 is 0.500 bits per heavy atom. The molecule has 11 aromatic rings. The molecule has 4 heterocycles. The third-order valence-corrected chi connectivity index (χ3v) is 13.1. The molecule has 272 valence electrons. The third-order valence-electron chi connectivity index (χ3n) is 11.9. The van der Waals surface area contributed by atoms with Gasteiger partial charge in [-0.1, -0.05) is 140 Å². The van der Waals surface area contributed by atoms with Gasteiger partial charge in [0, 0.05) is 48.9 Å². The SMILES string of the molecule is C=C1/C=C\C=C/Cc2ccc(-c3ccc4sc5cnc(-n6c7ccccc7c7ccc8c9ccccc9n(-c9ccccc9)c8c76)cc5c4c3)cc2-c2ccccc21. The molecule has 0 saturated heterocycles. The van der Waals surface area contributed by atoms with E-state index in [9.17, 15) is 0 Å². The number of rotatable bonds is 3. The molecule has 0 radical (unpaired) electrons. The van der Waals surface area contributed by atoms with E-state index in [1.165, 1.54) is 86.1 Å². The van der Waals surface area contributed by atoms with Gasteiger partial charge in [-0.3, -0.25) is 4.57 Å². The van der Waals surface area contributed by atoms with Gasteiger partial charge in [0.2, 0.25) is 0 Å². The second kappa shape index (κ2) is 12.9. The standard InChI is InChI=1S/C54H35N3S/c1-34-14-4-2-5-15-35-24-25-36(30-45(35)40-19-9-8-18-39(34)40)37-26-29-50-46(31-37)47-32-52(55-33-51(47)58-50)57-49-23-13-11-21-42(49)44-28-27-43-41-20-10-12-22-48(41)56(53(43)54(44)57)38-16-6-3-7-17-38/h2-14,16-33H,1,15H2/b5-2-,14-4-. The van der Waals surface area contributed by atoms with Crippen molar-refractivity contribution in [2.75, 3.05) is 0 Å². The zero-order chi connectivity index (χ0) is 38.3. The lowest BCUT2D eigenvalue weighted by Gasteiger charge is -2.16. The van der Waals surface area contributed by atoms with Gasteiger partial charge in [0.25, 0.3) is 0 Å². The molecule has 0 atom stereocenters. The van der Waals surface area contributed by atoms with E-state index in [-0.39, 0.29) is 0 Å². The van der Waals surface area contributed by atoms with E-state index in [0.29, 0.717) is 0 Å². The van der Waals surface area contributed by atoms with Gasteiger partial charge in [-0.2, -0.15) is 0 Å². The van der Waals surface area contributed by atoms with Gasteiger partial charge in [0.1, 0.15) is 5.82 Å². The molecule has 4 heteroatoms. The van der Waals surface area contributed by atoms with Crippen molar-refractivity contribution in [1.29, 1.82) is 0 Å². The minimum absolute atomic E-state index is 0.867. The first-order valence-electron chi connectivity index (χ1n) is 19.8. The van der Waals surface area contributed by atoms with Gasteiger partial charge >= 0.3 is 0 Å². The van der Waals surface area contributed by atoms with E-state index >= 15 is 0 Å². The van der Waals surface area contributed by atoms with Crippen LogP contribution in [0.3, 0.4) is 0 Å². The van der Waals surface area contributed by atoms with Crippen LogP contribution in [0.1, 0.15) is 11.1 Å². The van der Waals surface area contributed by atoms with Crippen molar-refractivity contribution in [2.24, 2.45) is 0 Å². The highest BCUT2D eigenvalue weighted by molar-refractivity contribution is 7.25. The predicted molar refractivity (Wildman–Crippen MR) is 248 cm³/mol. The Morgan fingerprint density at radius 3 is 1.97 bits per heavy atom. The largest absolute Gasteiger partial charge is 0.307 e. The monoisotopic (exact) mass is 757 g/mol. The molecule has 1 aliphatic rings. The molecule has 4 aromatic heterocycles. The quantitative estimate of drug-likeness (QED) is 0.176. The molecular formula is C54H35N3S. The first-order chi connectivity index (χ1) is 28.7. The molecule has 0 amide bonds. The molecule has 0 aliphatic heterocycles. The summed E-state index contributed by atoms with van der Waals surface area (Å²) in [4.78, 5) is 5.24. The average Bonchev–Trinajstić information content (AvgIpc) is 3.93. The highest BCUT2D eigenvalue weighted by Gasteiger charge is 2.22. The predicted octanol–water partition coefficient (Wildman–Crippen LogP) is 14.7. The van der Waals surface area contributed by atoms with Crippen molar-refractivity contribution in [1.82, 2.24) is 14.1 Å². The lowest BCUT2D eigenvalue weighted by atomic mass is 9.88. The second-order valence-corrected chi connectivity index (χ2v) is 16.3. The lowest BCUT2D eigenvalue weighted by Crippen LogP contribution is -2.00. The summed E-state index contributed by atoms with van der Waals surface area (Å²) in [5.41, 5.74) is 14.2. The number of nitrogens with zero attached hydrogens (tertiary/aromatic N) is 3. The zero-order valence-corrected chi connectivity index (χ0v) is 32.4. The fourth-order valence-corrected chi connectivity index (χ4v) is 10.3. The van der Waals surface area contributed by atoms with Gasteiger partial charge in [-0.25, -0.2) is 4.98 Å². The summed E-state index contributed by atoms with van der Waals surface area (Å²) in [6.45, 7) is 4.41. The number of thiophene rings is 1. The van der Waals surface area contributed by atoms with Gasteiger partial charge < -0.3 is 4.57 Å². The van der Waals surface area contributed by atoms with Crippen LogP contribution in [0.2, 0.25) is 0 Å². The van der Waals surface area contributed by atoms with Gasteiger partial charge in [0.05, 0.1) is 26.8 Å². The minimum Gasteiger partial charge on any atom is -0.307 e. The number of para-hydroxylation sites is 3. The van der Waals surface area contributed by atoms with E-state index in [4.69, 9.17) is 4.98 Å². The normalized spacial score (nSPS) is 14.1. The number of hydrogen-bond acceptors (Lipinski definition) is 2. The van der Waals surface area contributed by atoms with Crippen LogP contribution < -0.4 is 0 Å². The average molecular weight is 758 g/mol. The van der Waals surface area contributed by atoms with Crippen molar-refractivity contribution in [3.8, 4) is 33.8 Å². The van der Waals surface area contributed by atoms with Crippen LogP contribution in [0.4, 0.5) is 0 Å². The molecule has 0 N–H and O–H groups in total. The Balaban J connectivity index is 1.08. The number of aromatic nitrogens is 3. The van der Waals surface area contributed by atoms with Gasteiger partial charge in [-0.15, -0.1) is 11.3 Å². The van der Waals surface area contributed by atoms with Crippen molar-refractivity contribution in [3.63, 3.8) is 0 Å². The molecule has 0 bridgehead atoms. The molecule has 3 nitrogen and oxygen atoms in total. The summed E-state index contributed by atoms with van der Waals surface area (Å²) in [7, 11) is 0. The Hall–Kier alpha value is -7.27. The van der Waals surface area contributed by atoms with Crippen LogP contribution in [0, 0.1) is 0 Å². The first kappa shape index (κ1) is 32.9. The maximum absolute atomic E-state index is 5.24.